The number of aryl methyl sites for hydroxylation is 1. The molecule has 1 heterocycles. The maximum Gasteiger partial charge on any atom is 0.142 e. The third-order valence-electron chi connectivity index (χ3n) is 1.75. The molecule has 0 amide bonds. The molecule has 0 atom stereocenters. The Kier molecular flexibility index (Phi) is 2.25. The normalized spacial score (nSPS) is 10.5. The van der Waals surface area contributed by atoms with E-state index in [0.717, 1.165) is 0 Å². The summed E-state index contributed by atoms with van der Waals surface area (Å²) in [6, 6.07) is 7.04. The molecule has 0 aliphatic carbocycles. The van der Waals surface area contributed by atoms with E-state index in [2.05, 4.69) is 11.2 Å². The average molecular weight is 211 g/mol. The minimum absolute atomic E-state index is 0.300. The lowest BCUT2D eigenvalue weighted by molar-refractivity contribution is 0.399. The van der Waals surface area contributed by atoms with Crippen LogP contribution in [-0.2, 0) is 0 Å². The first kappa shape index (κ1) is 9.21. The van der Waals surface area contributed by atoms with Crippen molar-refractivity contribution in [3.63, 3.8) is 0 Å². The van der Waals surface area contributed by atoms with Crippen LogP contribution in [0, 0.1) is 18.8 Å². The second-order valence-corrected chi connectivity index (χ2v) is 3.27. The van der Waals surface area contributed by atoms with Gasteiger partial charge < -0.3 is 4.52 Å². The van der Waals surface area contributed by atoms with Gasteiger partial charge >= 0.3 is 0 Å². The molecule has 2 rings (SSSR count). The van der Waals surface area contributed by atoms with E-state index in [1.54, 1.807) is 6.92 Å². The highest BCUT2D eigenvalue weighted by Gasteiger charge is 2.10. The maximum atomic E-state index is 13.3. The van der Waals surface area contributed by atoms with Crippen LogP contribution in [0.1, 0.15) is 5.76 Å². The number of nitrogens with zero attached hydrogens (tertiary/aromatic N) is 1. The van der Waals surface area contributed by atoms with E-state index in [0.29, 0.717) is 22.0 Å². The molecule has 2 aromatic rings. The minimum Gasteiger partial charge on any atom is -0.360 e. The molecule has 1 aromatic carbocycles. The first-order chi connectivity index (χ1) is 6.66. The van der Waals surface area contributed by atoms with Crippen molar-refractivity contribution in [2.75, 3.05) is 0 Å². The van der Waals surface area contributed by atoms with Gasteiger partial charge in [-0.2, -0.15) is 0 Å². The Hall–Kier alpha value is -1.35. The second-order valence-electron chi connectivity index (χ2n) is 2.84. The number of aromatic nitrogens is 1. The van der Waals surface area contributed by atoms with Crippen LogP contribution in [0.15, 0.2) is 22.7 Å². The summed E-state index contributed by atoms with van der Waals surface area (Å²) in [4.78, 5) is 0. The number of benzene rings is 1. The lowest BCUT2D eigenvalue weighted by atomic mass is 10.1. The van der Waals surface area contributed by atoms with Crippen LogP contribution in [0.3, 0.4) is 0 Å². The zero-order valence-electron chi connectivity index (χ0n) is 7.34. The van der Waals surface area contributed by atoms with Gasteiger partial charge in [0.25, 0.3) is 0 Å². The molecular formula is C10H6ClFNO. The first-order valence-electron chi connectivity index (χ1n) is 3.98. The third-order valence-corrected chi connectivity index (χ3v) is 1.99. The predicted molar refractivity (Wildman–Crippen MR) is 50.5 cm³/mol. The van der Waals surface area contributed by atoms with Crippen LogP contribution in [0.2, 0.25) is 5.02 Å². The van der Waals surface area contributed by atoms with Gasteiger partial charge in [-0.15, -0.1) is 0 Å². The summed E-state index contributed by atoms with van der Waals surface area (Å²) < 4.78 is 18.1. The highest BCUT2D eigenvalue weighted by atomic mass is 35.5. The van der Waals surface area contributed by atoms with Crippen molar-refractivity contribution >= 4 is 11.6 Å². The van der Waals surface area contributed by atoms with Crippen LogP contribution in [0.25, 0.3) is 11.3 Å². The molecule has 2 nitrogen and oxygen atoms in total. The number of halogens is 2. The predicted octanol–water partition coefficient (Wildman–Crippen LogP) is 3.24. The van der Waals surface area contributed by atoms with Gasteiger partial charge in [-0.25, -0.2) is 4.39 Å². The first-order valence-corrected chi connectivity index (χ1v) is 4.35. The Balaban J connectivity index is 2.55. The number of rotatable bonds is 1. The minimum atomic E-state index is -0.390. The molecule has 0 N–H and O–H groups in total. The fraction of sp³-hybridized carbons (Fsp3) is 0.100. The maximum absolute atomic E-state index is 13.3. The van der Waals surface area contributed by atoms with Gasteiger partial charge in [0.15, 0.2) is 0 Å². The number of hydrogen-bond acceptors (Lipinski definition) is 2. The van der Waals surface area contributed by atoms with E-state index < -0.39 is 0 Å². The Morgan fingerprint density at radius 3 is 2.93 bits per heavy atom. The van der Waals surface area contributed by atoms with Crippen molar-refractivity contribution < 1.29 is 8.91 Å². The molecule has 71 valence electrons. The number of hydrogen-bond donors (Lipinski definition) is 0. The summed E-state index contributed by atoms with van der Waals surface area (Å²) in [5.41, 5.74) is 0.636. The summed E-state index contributed by atoms with van der Waals surface area (Å²) in [7, 11) is 0. The fourth-order valence-corrected chi connectivity index (χ4v) is 1.29. The summed E-state index contributed by atoms with van der Waals surface area (Å²) >= 11 is 5.73. The molecule has 14 heavy (non-hydrogen) atoms. The van der Waals surface area contributed by atoms with Gasteiger partial charge in [-0.05, 0) is 25.1 Å². The van der Waals surface area contributed by atoms with Gasteiger partial charge in [-0.1, -0.05) is 16.8 Å². The lowest BCUT2D eigenvalue weighted by Gasteiger charge is -1.97. The highest BCUT2D eigenvalue weighted by molar-refractivity contribution is 6.30. The van der Waals surface area contributed by atoms with Crippen molar-refractivity contribution in [3.8, 4) is 11.3 Å². The van der Waals surface area contributed by atoms with Crippen LogP contribution >= 0.6 is 11.6 Å². The zero-order chi connectivity index (χ0) is 10.1. The average Bonchev–Trinajstić information content (AvgIpc) is 2.56. The van der Waals surface area contributed by atoms with Gasteiger partial charge in [-0.3, -0.25) is 0 Å². The zero-order valence-corrected chi connectivity index (χ0v) is 8.10. The molecule has 1 aromatic heterocycles. The van der Waals surface area contributed by atoms with E-state index in [1.807, 2.05) is 0 Å². The summed E-state index contributed by atoms with van der Waals surface area (Å²) in [5, 5.41) is 4.11. The molecule has 4 heteroatoms. The van der Waals surface area contributed by atoms with Gasteiger partial charge in [0.1, 0.15) is 17.3 Å². The molecule has 0 fully saturated rings. The highest BCUT2D eigenvalue weighted by Crippen LogP contribution is 2.24. The second kappa shape index (κ2) is 3.42. The van der Waals surface area contributed by atoms with Crippen molar-refractivity contribution in [1.82, 2.24) is 5.16 Å². The Morgan fingerprint density at radius 2 is 2.29 bits per heavy atom. The fourth-order valence-electron chi connectivity index (χ4n) is 1.12. The van der Waals surface area contributed by atoms with Crippen molar-refractivity contribution in [2.24, 2.45) is 0 Å². The van der Waals surface area contributed by atoms with Crippen molar-refractivity contribution in [3.05, 3.63) is 40.9 Å². The summed E-state index contributed by atoms with van der Waals surface area (Å²) in [6.07, 6.45) is 0. The summed E-state index contributed by atoms with van der Waals surface area (Å²) in [6.45, 7) is 1.69. The smallest absolute Gasteiger partial charge is 0.142 e. The molecular weight excluding hydrogens is 205 g/mol. The van der Waals surface area contributed by atoms with Crippen LogP contribution in [0.4, 0.5) is 4.39 Å². The molecule has 1 radical (unpaired) electrons. The van der Waals surface area contributed by atoms with Gasteiger partial charge in [0.2, 0.25) is 0 Å². The van der Waals surface area contributed by atoms with E-state index in [-0.39, 0.29) is 5.82 Å². The lowest BCUT2D eigenvalue weighted by Crippen LogP contribution is -1.83. The molecule has 0 unspecified atom stereocenters. The van der Waals surface area contributed by atoms with E-state index >= 15 is 0 Å². The molecule has 0 saturated heterocycles. The summed E-state index contributed by atoms with van der Waals surface area (Å²) in [5.74, 6) is 0.123. The topological polar surface area (TPSA) is 26.0 Å². The Bertz CT molecular complexity index is 467. The molecule has 0 spiro atoms. The van der Waals surface area contributed by atoms with Crippen molar-refractivity contribution in [1.29, 1.82) is 0 Å². The Morgan fingerprint density at radius 1 is 1.50 bits per heavy atom. The van der Waals surface area contributed by atoms with Crippen LogP contribution in [-0.4, -0.2) is 5.16 Å². The monoisotopic (exact) mass is 210 g/mol. The van der Waals surface area contributed by atoms with Gasteiger partial charge in [0.05, 0.1) is 6.07 Å². The van der Waals surface area contributed by atoms with Crippen LogP contribution < -0.4 is 0 Å². The van der Waals surface area contributed by atoms with E-state index in [9.17, 15) is 4.39 Å². The van der Waals surface area contributed by atoms with E-state index in [1.165, 1.54) is 18.2 Å². The molecule has 0 bridgehead atoms. The standard InChI is InChI=1S/C10H6ClFNO/c1-6-4-10(13-14-6)8-5-7(11)2-3-9(8)12/h2-3,5H,1H3. The molecule has 0 saturated carbocycles. The quantitative estimate of drug-likeness (QED) is 0.722. The van der Waals surface area contributed by atoms with Gasteiger partial charge in [0, 0.05) is 10.6 Å². The molecule has 0 aliphatic rings. The molecule has 0 aliphatic heterocycles. The van der Waals surface area contributed by atoms with Crippen molar-refractivity contribution in [2.45, 2.75) is 6.92 Å². The third kappa shape index (κ3) is 1.63. The van der Waals surface area contributed by atoms with Crippen LogP contribution in [0.5, 0.6) is 0 Å². The largest absolute Gasteiger partial charge is 0.360 e. The Labute approximate surface area is 85.3 Å². The SMILES string of the molecule is Cc1[c]c(-c2cc(Cl)ccc2F)no1. The van der Waals surface area contributed by atoms with E-state index in [4.69, 9.17) is 16.1 Å².